The van der Waals surface area contributed by atoms with Crippen LogP contribution in [0.25, 0.3) is 0 Å². The zero-order valence-corrected chi connectivity index (χ0v) is 12.4. The minimum absolute atomic E-state index is 0.312. The lowest BCUT2D eigenvalue weighted by molar-refractivity contribution is 0.0229. The zero-order valence-electron chi connectivity index (χ0n) is 12.4. The molecule has 0 saturated heterocycles. The molecule has 0 aliphatic heterocycles. The van der Waals surface area contributed by atoms with Gasteiger partial charge in [0.25, 0.3) is 0 Å². The molecule has 3 unspecified atom stereocenters. The van der Waals surface area contributed by atoms with Gasteiger partial charge in [0.05, 0.1) is 5.84 Å². The van der Waals surface area contributed by atoms with Crippen molar-refractivity contribution in [2.45, 2.75) is 60.8 Å². The Morgan fingerprint density at radius 1 is 0.941 bits per heavy atom. The highest BCUT2D eigenvalue weighted by Crippen LogP contribution is 2.50. The molecule has 0 amide bonds. The van der Waals surface area contributed by atoms with E-state index in [0.717, 1.165) is 18.8 Å². The fourth-order valence-corrected chi connectivity index (χ4v) is 3.45. The standard InChI is InChI=1S/C15H30N2/c1-14(2,3)11-8-7-10(13(16)17)9-12(11)15(4,5)6/h10-12H,7-9H2,1-6H3,(H3,16,17). The van der Waals surface area contributed by atoms with Gasteiger partial charge in [-0.1, -0.05) is 41.5 Å². The van der Waals surface area contributed by atoms with Gasteiger partial charge in [0, 0.05) is 5.92 Å². The number of hydrogen-bond donors (Lipinski definition) is 2. The van der Waals surface area contributed by atoms with Crippen molar-refractivity contribution in [3.05, 3.63) is 0 Å². The molecule has 2 nitrogen and oxygen atoms in total. The third-order valence-electron chi connectivity index (χ3n) is 4.51. The molecule has 0 aromatic heterocycles. The minimum Gasteiger partial charge on any atom is -0.387 e. The first kappa shape index (κ1) is 14.5. The van der Waals surface area contributed by atoms with E-state index in [4.69, 9.17) is 11.1 Å². The second-order valence-corrected chi connectivity index (χ2v) is 7.91. The molecule has 1 aliphatic carbocycles. The van der Waals surface area contributed by atoms with Gasteiger partial charge < -0.3 is 5.73 Å². The van der Waals surface area contributed by atoms with Crippen molar-refractivity contribution in [1.82, 2.24) is 0 Å². The van der Waals surface area contributed by atoms with Crippen LogP contribution in [0, 0.1) is 34.0 Å². The van der Waals surface area contributed by atoms with E-state index in [2.05, 4.69) is 41.5 Å². The second-order valence-electron chi connectivity index (χ2n) is 7.91. The van der Waals surface area contributed by atoms with Crippen LogP contribution in [-0.2, 0) is 0 Å². The Morgan fingerprint density at radius 3 is 1.76 bits per heavy atom. The van der Waals surface area contributed by atoms with Crippen LogP contribution < -0.4 is 5.73 Å². The lowest BCUT2D eigenvalue weighted by atomic mass is 9.57. The zero-order chi connectivity index (χ0) is 13.4. The summed E-state index contributed by atoms with van der Waals surface area (Å²) in [5.41, 5.74) is 6.38. The normalized spacial score (nSPS) is 31.3. The summed E-state index contributed by atoms with van der Waals surface area (Å²) >= 11 is 0. The van der Waals surface area contributed by atoms with Crippen molar-refractivity contribution in [3.8, 4) is 0 Å². The Hall–Kier alpha value is -0.530. The summed E-state index contributed by atoms with van der Waals surface area (Å²) in [6, 6.07) is 0. The molecule has 3 atom stereocenters. The van der Waals surface area contributed by atoms with Crippen molar-refractivity contribution < 1.29 is 0 Å². The molecular weight excluding hydrogens is 208 g/mol. The molecule has 1 fully saturated rings. The number of hydrogen-bond acceptors (Lipinski definition) is 1. The monoisotopic (exact) mass is 238 g/mol. The summed E-state index contributed by atoms with van der Waals surface area (Å²) in [6.45, 7) is 14.1. The molecule has 17 heavy (non-hydrogen) atoms. The third-order valence-corrected chi connectivity index (χ3v) is 4.51. The quantitative estimate of drug-likeness (QED) is 0.525. The van der Waals surface area contributed by atoms with Gasteiger partial charge in [-0.15, -0.1) is 0 Å². The van der Waals surface area contributed by atoms with Gasteiger partial charge in [-0.3, -0.25) is 5.41 Å². The van der Waals surface area contributed by atoms with E-state index in [1.165, 1.54) is 6.42 Å². The molecule has 0 heterocycles. The molecule has 0 spiro atoms. The average molecular weight is 238 g/mol. The highest BCUT2D eigenvalue weighted by molar-refractivity contribution is 5.79. The van der Waals surface area contributed by atoms with Crippen LogP contribution in [-0.4, -0.2) is 5.84 Å². The van der Waals surface area contributed by atoms with Crippen LogP contribution in [0.5, 0.6) is 0 Å². The van der Waals surface area contributed by atoms with Gasteiger partial charge in [0.1, 0.15) is 0 Å². The predicted molar refractivity (Wildman–Crippen MR) is 75.1 cm³/mol. The van der Waals surface area contributed by atoms with Crippen LogP contribution >= 0.6 is 0 Å². The number of rotatable bonds is 1. The summed E-state index contributed by atoms with van der Waals surface area (Å²) in [5.74, 6) is 2.13. The van der Waals surface area contributed by atoms with Crippen LogP contribution in [0.15, 0.2) is 0 Å². The summed E-state index contributed by atoms with van der Waals surface area (Å²) in [4.78, 5) is 0. The van der Waals surface area contributed by atoms with E-state index in [-0.39, 0.29) is 0 Å². The Kier molecular flexibility index (Phi) is 3.95. The Bertz CT molecular complexity index is 280. The van der Waals surface area contributed by atoms with E-state index in [9.17, 15) is 0 Å². The molecule has 0 aromatic rings. The maximum Gasteiger partial charge on any atom is 0.0937 e. The van der Waals surface area contributed by atoms with E-state index >= 15 is 0 Å². The fraction of sp³-hybridized carbons (Fsp3) is 0.933. The summed E-state index contributed by atoms with van der Waals surface area (Å²) in [6.07, 6.45) is 3.42. The highest BCUT2D eigenvalue weighted by atomic mass is 14.7. The lowest BCUT2D eigenvalue weighted by Gasteiger charge is -2.48. The predicted octanol–water partition coefficient (Wildman–Crippen LogP) is 4.05. The first-order valence-electron chi connectivity index (χ1n) is 6.87. The molecule has 0 bridgehead atoms. The van der Waals surface area contributed by atoms with Gasteiger partial charge in [0.2, 0.25) is 0 Å². The van der Waals surface area contributed by atoms with Gasteiger partial charge in [0.15, 0.2) is 0 Å². The topological polar surface area (TPSA) is 49.9 Å². The molecule has 1 aliphatic rings. The van der Waals surface area contributed by atoms with Crippen molar-refractivity contribution in [2.75, 3.05) is 0 Å². The van der Waals surface area contributed by atoms with Crippen molar-refractivity contribution in [1.29, 1.82) is 5.41 Å². The second kappa shape index (κ2) is 4.62. The first-order valence-corrected chi connectivity index (χ1v) is 6.87. The van der Waals surface area contributed by atoms with E-state index in [1.54, 1.807) is 0 Å². The molecule has 0 aromatic carbocycles. The van der Waals surface area contributed by atoms with E-state index < -0.39 is 0 Å². The minimum atomic E-state index is 0.312. The third kappa shape index (κ3) is 3.46. The SMILES string of the molecule is CC(C)(C)C1CCC(C(=N)N)CC1C(C)(C)C. The average Bonchev–Trinajstić information content (AvgIpc) is 2.14. The largest absolute Gasteiger partial charge is 0.387 e. The van der Waals surface area contributed by atoms with E-state index in [1.807, 2.05) is 0 Å². The molecule has 100 valence electrons. The number of nitrogens with two attached hydrogens (primary N) is 1. The molecule has 1 saturated carbocycles. The molecule has 1 rings (SSSR count). The summed E-state index contributed by atoms with van der Waals surface area (Å²) in [7, 11) is 0. The van der Waals surface area contributed by atoms with E-state index in [0.29, 0.717) is 28.5 Å². The van der Waals surface area contributed by atoms with Gasteiger partial charge >= 0.3 is 0 Å². The highest BCUT2D eigenvalue weighted by Gasteiger charge is 2.43. The van der Waals surface area contributed by atoms with Gasteiger partial charge in [-0.2, -0.15) is 0 Å². The lowest BCUT2D eigenvalue weighted by Crippen LogP contribution is -2.43. The van der Waals surface area contributed by atoms with Crippen LogP contribution in [0.4, 0.5) is 0 Å². The van der Waals surface area contributed by atoms with Crippen LogP contribution in [0.2, 0.25) is 0 Å². The molecule has 0 radical (unpaired) electrons. The summed E-state index contributed by atoms with van der Waals surface area (Å²) < 4.78 is 0. The fourth-order valence-electron chi connectivity index (χ4n) is 3.45. The van der Waals surface area contributed by atoms with Gasteiger partial charge in [-0.25, -0.2) is 0 Å². The molecule has 3 N–H and O–H groups in total. The first-order chi connectivity index (χ1) is 7.53. The maximum atomic E-state index is 7.68. The Labute approximate surface area is 107 Å². The van der Waals surface area contributed by atoms with Crippen LogP contribution in [0.1, 0.15) is 60.8 Å². The number of nitrogens with one attached hydrogen (secondary N) is 1. The van der Waals surface area contributed by atoms with Crippen molar-refractivity contribution >= 4 is 5.84 Å². The Balaban J connectivity index is 2.92. The van der Waals surface area contributed by atoms with Crippen molar-refractivity contribution in [3.63, 3.8) is 0 Å². The van der Waals surface area contributed by atoms with Crippen LogP contribution in [0.3, 0.4) is 0 Å². The summed E-state index contributed by atoms with van der Waals surface area (Å²) in [5, 5.41) is 7.68. The smallest absolute Gasteiger partial charge is 0.0937 e. The number of amidine groups is 1. The Morgan fingerprint density at radius 2 is 1.41 bits per heavy atom. The van der Waals surface area contributed by atoms with Crippen molar-refractivity contribution in [2.24, 2.45) is 34.3 Å². The molecule has 2 heteroatoms. The van der Waals surface area contributed by atoms with Gasteiger partial charge in [-0.05, 0) is 41.9 Å². The molecular formula is C15H30N2. The maximum absolute atomic E-state index is 7.68.